The van der Waals surface area contributed by atoms with Gasteiger partial charge in [0.15, 0.2) is 4.77 Å². The summed E-state index contributed by atoms with van der Waals surface area (Å²) < 4.78 is 5.23. The lowest BCUT2D eigenvalue weighted by Gasteiger charge is -1.95. The number of hydrogen-bond acceptors (Lipinski definition) is 1. The second-order valence-electron chi connectivity index (χ2n) is 3.15. The molecule has 0 spiro atoms. The van der Waals surface area contributed by atoms with Gasteiger partial charge >= 0.3 is 0 Å². The standard InChI is InChI=1S/C8H12N2S/c1-9-6-4-3-5-7(6)10(2)8(9)11/h3-5H2,1-2H3. The van der Waals surface area contributed by atoms with Crippen molar-refractivity contribution >= 4 is 12.2 Å². The lowest BCUT2D eigenvalue weighted by Crippen LogP contribution is -1.96. The first-order valence-corrected chi connectivity index (χ1v) is 4.36. The van der Waals surface area contributed by atoms with Crippen LogP contribution in [0.25, 0.3) is 0 Å². The Labute approximate surface area is 71.5 Å². The quantitative estimate of drug-likeness (QED) is 0.535. The van der Waals surface area contributed by atoms with Gasteiger partial charge in [-0.25, -0.2) is 0 Å². The van der Waals surface area contributed by atoms with E-state index in [0.717, 1.165) is 4.77 Å². The monoisotopic (exact) mass is 168 g/mol. The first-order chi connectivity index (χ1) is 5.22. The number of nitrogens with zero attached hydrogens (tertiary/aromatic N) is 2. The maximum Gasteiger partial charge on any atom is 0.179 e. The van der Waals surface area contributed by atoms with Gasteiger partial charge in [0.2, 0.25) is 0 Å². The average molecular weight is 168 g/mol. The molecule has 2 nitrogen and oxygen atoms in total. The highest BCUT2D eigenvalue weighted by atomic mass is 32.1. The van der Waals surface area contributed by atoms with Crippen molar-refractivity contribution in [2.75, 3.05) is 0 Å². The molecule has 0 aliphatic heterocycles. The van der Waals surface area contributed by atoms with Crippen molar-refractivity contribution in [2.24, 2.45) is 14.1 Å². The third-order valence-corrected chi connectivity index (χ3v) is 3.09. The average Bonchev–Trinajstić information content (AvgIpc) is 2.53. The molecule has 60 valence electrons. The van der Waals surface area contributed by atoms with Crippen LogP contribution in [0.1, 0.15) is 17.8 Å². The molecule has 1 aromatic heterocycles. The van der Waals surface area contributed by atoms with Gasteiger partial charge in [-0.3, -0.25) is 0 Å². The Bertz CT molecular complexity index is 315. The Balaban J connectivity index is 2.78. The number of aromatic nitrogens is 2. The van der Waals surface area contributed by atoms with Crippen molar-refractivity contribution in [1.82, 2.24) is 9.13 Å². The van der Waals surface area contributed by atoms with Crippen molar-refractivity contribution in [1.29, 1.82) is 0 Å². The minimum atomic E-state index is 0.953. The zero-order valence-corrected chi connectivity index (χ0v) is 7.74. The maximum atomic E-state index is 5.23. The van der Waals surface area contributed by atoms with Gasteiger partial charge in [0, 0.05) is 25.5 Å². The third kappa shape index (κ3) is 0.805. The van der Waals surface area contributed by atoms with E-state index in [0.29, 0.717) is 0 Å². The van der Waals surface area contributed by atoms with Crippen LogP contribution in [0, 0.1) is 4.77 Å². The summed E-state index contributed by atoms with van der Waals surface area (Å²) >= 11 is 5.23. The van der Waals surface area contributed by atoms with Gasteiger partial charge in [-0.2, -0.15) is 0 Å². The van der Waals surface area contributed by atoms with Gasteiger partial charge in [0.25, 0.3) is 0 Å². The largest absolute Gasteiger partial charge is 0.324 e. The van der Waals surface area contributed by atoms with E-state index in [1.54, 1.807) is 0 Å². The smallest absolute Gasteiger partial charge is 0.179 e. The van der Waals surface area contributed by atoms with E-state index in [4.69, 9.17) is 12.2 Å². The van der Waals surface area contributed by atoms with Crippen molar-refractivity contribution in [3.05, 3.63) is 16.2 Å². The van der Waals surface area contributed by atoms with Crippen LogP contribution in [0.4, 0.5) is 0 Å². The second-order valence-corrected chi connectivity index (χ2v) is 3.51. The summed E-state index contributed by atoms with van der Waals surface area (Å²) in [5, 5.41) is 0. The van der Waals surface area contributed by atoms with Crippen molar-refractivity contribution in [3.63, 3.8) is 0 Å². The summed E-state index contributed by atoms with van der Waals surface area (Å²) in [5.74, 6) is 0. The Hall–Kier alpha value is -0.570. The fraction of sp³-hybridized carbons (Fsp3) is 0.625. The molecule has 0 amide bonds. The van der Waals surface area contributed by atoms with E-state index >= 15 is 0 Å². The molecule has 1 heterocycles. The van der Waals surface area contributed by atoms with Crippen LogP contribution in [0.5, 0.6) is 0 Å². The molecule has 11 heavy (non-hydrogen) atoms. The minimum Gasteiger partial charge on any atom is -0.324 e. The zero-order valence-electron chi connectivity index (χ0n) is 6.92. The van der Waals surface area contributed by atoms with E-state index in [-0.39, 0.29) is 0 Å². The van der Waals surface area contributed by atoms with Crippen LogP contribution in [0.2, 0.25) is 0 Å². The number of imidazole rings is 1. The molecule has 0 N–H and O–H groups in total. The van der Waals surface area contributed by atoms with Gasteiger partial charge in [0.05, 0.1) is 0 Å². The minimum absolute atomic E-state index is 0.953. The Morgan fingerprint density at radius 3 is 2.00 bits per heavy atom. The number of fused-ring (bicyclic) bond motifs is 1. The van der Waals surface area contributed by atoms with E-state index in [9.17, 15) is 0 Å². The fourth-order valence-electron chi connectivity index (χ4n) is 1.89. The SMILES string of the molecule is Cn1c2c(n(C)c1=S)CCC2. The van der Waals surface area contributed by atoms with E-state index in [2.05, 4.69) is 23.2 Å². The molecule has 1 aromatic rings. The normalized spacial score (nSPS) is 15.5. The van der Waals surface area contributed by atoms with Gasteiger partial charge in [-0.05, 0) is 31.5 Å². The van der Waals surface area contributed by atoms with Crippen molar-refractivity contribution in [3.8, 4) is 0 Å². The summed E-state index contributed by atoms with van der Waals surface area (Å²) in [7, 11) is 4.12. The Morgan fingerprint density at radius 2 is 1.55 bits per heavy atom. The third-order valence-electron chi connectivity index (χ3n) is 2.54. The summed E-state index contributed by atoms with van der Waals surface area (Å²) in [4.78, 5) is 0. The van der Waals surface area contributed by atoms with Gasteiger partial charge in [-0.15, -0.1) is 0 Å². The van der Waals surface area contributed by atoms with Crippen molar-refractivity contribution < 1.29 is 0 Å². The molecule has 1 aliphatic carbocycles. The fourth-order valence-corrected chi connectivity index (χ4v) is 2.11. The summed E-state index contributed by atoms with van der Waals surface area (Å²) in [6, 6.07) is 0. The highest BCUT2D eigenvalue weighted by Crippen LogP contribution is 2.22. The van der Waals surface area contributed by atoms with Crippen LogP contribution in [0.15, 0.2) is 0 Å². The molecule has 0 aromatic carbocycles. The first kappa shape index (κ1) is 7.10. The van der Waals surface area contributed by atoms with Gasteiger partial charge in [0.1, 0.15) is 0 Å². The van der Waals surface area contributed by atoms with E-state index in [1.807, 2.05) is 0 Å². The van der Waals surface area contributed by atoms with Crippen molar-refractivity contribution in [2.45, 2.75) is 19.3 Å². The first-order valence-electron chi connectivity index (χ1n) is 3.95. The van der Waals surface area contributed by atoms with E-state index < -0.39 is 0 Å². The number of hydrogen-bond donors (Lipinski definition) is 0. The topological polar surface area (TPSA) is 9.86 Å². The predicted octanol–water partition coefficient (Wildman–Crippen LogP) is 1.58. The molecule has 2 rings (SSSR count). The zero-order chi connectivity index (χ0) is 8.01. The highest BCUT2D eigenvalue weighted by Gasteiger charge is 2.17. The number of rotatable bonds is 0. The molecule has 3 heteroatoms. The Kier molecular flexibility index (Phi) is 1.42. The molecule has 0 radical (unpaired) electrons. The molecule has 0 unspecified atom stereocenters. The lowest BCUT2D eigenvalue weighted by atomic mass is 10.3. The summed E-state index contributed by atoms with van der Waals surface area (Å²) in [5.41, 5.74) is 2.88. The molecule has 0 atom stereocenters. The molecule has 0 bridgehead atoms. The molecule has 1 aliphatic rings. The van der Waals surface area contributed by atoms with Crippen LogP contribution in [-0.2, 0) is 26.9 Å². The molecule has 0 saturated carbocycles. The predicted molar refractivity (Wildman–Crippen MR) is 47.2 cm³/mol. The van der Waals surface area contributed by atoms with Gasteiger partial charge < -0.3 is 9.13 Å². The second kappa shape index (κ2) is 2.21. The Morgan fingerprint density at radius 1 is 1.09 bits per heavy atom. The van der Waals surface area contributed by atoms with Gasteiger partial charge in [-0.1, -0.05) is 0 Å². The van der Waals surface area contributed by atoms with Crippen LogP contribution in [0.3, 0.4) is 0 Å². The summed E-state index contributed by atoms with van der Waals surface area (Å²) in [6.07, 6.45) is 3.70. The lowest BCUT2D eigenvalue weighted by molar-refractivity contribution is 0.731. The molecular formula is C8H12N2S. The van der Waals surface area contributed by atoms with E-state index in [1.165, 1.54) is 30.7 Å². The maximum absolute atomic E-state index is 5.23. The van der Waals surface area contributed by atoms with Crippen LogP contribution < -0.4 is 0 Å². The summed E-state index contributed by atoms with van der Waals surface area (Å²) in [6.45, 7) is 0. The van der Waals surface area contributed by atoms with Crippen LogP contribution >= 0.6 is 12.2 Å². The molecule has 0 saturated heterocycles. The molecule has 0 fully saturated rings. The van der Waals surface area contributed by atoms with Crippen LogP contribution in [-0.4, -0.2) is 9.13 Å². The highest BCUT2D eigenvalue weighted by molar-refractivity contribution is 7.71. The molecular weight excluding hydrogens is 156 g/mol.